The van der Waals surface area contributed by atoms with Gasteiger partial charge in [0.1, 0.15) is 9.84 Å². The molecule has 2 aliphatic rings. The monoisotopic (exact) mass is 275 g/mol. The molecule has 1 aliphatic carbocycles. The maximum Gasteiger partial charge on any atom is 0.148 e. The Labute approximate surface area is 110 Å². The van der Waals surface area contributed by atoms with Crippen LogP contribution in [0.1, 0.15) is 33.6 Å². The average Bonchev–Trinajstić information content (AvgIpc) is 2.24. The van der Waals surface area contributed by atoms with Gasteiger partial charge in [-0.05, 0) is 19.8 Å². The fourth-order valence-corrected chi connectivity index (χ4v) is 4.67. The molecule has 0 bridgehead atoms. The van der Waals surface area contributed by atoms with Crippen LogP contribution in [0.15, 0.2) is 0 Å². The van der Waals surface area contributed by atoms with E-state index in [4.69, 9.17) is 4.74 Å². The molecule has 4 atom stereocenters. The quantitative estimate of drug-likeness (QED) is 0.838. The predicted molar refractivity (Wildman–Crippen MR) is 72.3 cm³/mol. The molecular formula is C13H25NO3S. The predicted octanol–water partition coefficient (Wildman–Crippen LogP) is 1.21. The molecule has 0 aromatic rings. The number of rotatable bonds is 4. The molecule has 2 rings (SSSR count). The minimum atomic E-state index is -2.91. The molecule has 106 valence electrons. The molecular weight excluding hydrogens is 250 g/mol. The van der Waals surface area contributed by atoms with Gasteiger partial charge in [-0.1, -0.05) is 13.8 Å². The van der Waals surface area contributed by atoms with Gasteiger partial charge >= 0.3 is 0 Å². The zero-order valence-corrected chi connectivity index (χ0v) is 12.6. The van der Waals surface area contributed by atoms with Crippen molar-refractivity contribution in [3.05, 3.63) is 0 Å². The second-order valence-corrected chi connectivity index (χ2v) is 8.74. The van der Waals surface area contributed by atoms with Crippen molar-refractivity contribution in [2.45, 2.75) is 51.8 Å². The van der Waals surface area contributed by atoms with Gasteiger partial charge in [-0.25, -0.2) is 8.42 Å². The fraction of sp³-hybridized carbons (Fsp3) is 1.00. The molecule has 18 heavy (non-hydrogen) atoms. The first-order chi connectivity index (χ1) is 8.22. The summed E-state index contributed by atoms with van der Waals surface area (Å²) in [6, 6.07) is 0.381. The van der Waals surface area contributed by atoms with E-state index in [-0.39, 0.29) is 17.2 Å². The van der Waals surface area contributed by atoms with Gasteiger partial charge in [0.05, 0.1) is 11.9 Å². The zero-order valence-electron chi connectivity index (χ0n) is 11.8. The lowest BCUT2D eigenvalue weighted by Gasteiger charge is -2.60. The second-order valence-electron chi connectivity index (χ2n) is 6.56. The molecule has 0 radical (unpaired) electrons. The van der Waals surface area contributed by atoms with Crippen molar-refractivity contribution in [2.24, 2.45) is 11.3 Å². The number of fused-ring (bicyclic) bond motifs is 1. The highest BCUT2D eigenvalue weighted by Crippen LogP contribution is 2.51. The molecule has 1 saturated carbocycles. The van der Waals surface area contributed by atoms with Crippen LogP contribution in [0.2, 0.25) is 0 Å². The van der Waals surface area contributed by atoms with Crippen LogP contribution in [0.3, 0.4) is 0 Å². The SMILES string of the molecule is CC(CS(C)(=O)=O)NC1C2CCCOC2C1(C)C. The minimum absolute atomic E-state index is 0.00662. The van der Waals surface area contributed by atoms with Crippen molar-refractivity contribution in [3.63, 3.8) is 0 Å². The first-order valence-electron chi connectivity index (χ1n) is 6.77. The Morgan fingerprint density at radius 1 is 1.44 bits per heavy atom. The summed E-state index contributed by atoms with van der Waals surface area (Å²) in [5, 5.41) is 3.50. The summed E-state index contributed by atoms with van der Waals surface area (Å²) in [5.74, 6) is 0.758. The average molecular weight is 275 g/mol. The zero-order chi connectivity index (χ0) is 13.6. The summed E-state index contributed by atoms with van der Waals surface area (Å²) in [4.78, 5) is 0. The van der Waals surface area contributed by atoms with Gasteiger partial charge in [0.2, 0.25) is 0 Å². The second kappa shape index (κ2) is 4.76. The van der Waals surface area contributed by atoms with Gasteiger partial charge in [-0.2, -0.15) is 0 Å². The molecule has 1 N–H and O–H groups in total. The number of sulfone groups is 1. The summed E-state index contributed by atoms with van der Waals surface area (Å²) in [6.07, 6.45) is 3.95. The van der Waals surface area contributed by atoms with E-state index in [1.807, 2.05) is 6.92 Å². The third-order valence-corrected chi connectivity index (χ3v) is 5.45. The summed E-state index contributed by atoms with van der Waals surface area (Å²) < 4.78 is 28.5. The van der Waals surface area contributed by atoms with E-state index in [9.17, 15) is 8.42 Å². The van der Waals surface area contributed by atoms with Gasteiger partial charge in [0.15, 0.2) is 0 Å². The summed E-state index contributed by atoms with van der Waals surface area (Å²) >= 11 is 0. The van der Waals surface area contributed by atoms with E-state index in [0.29, 0.717) is 18.1 Å². The number of hydrogen-bond donors (Lipinski definition) is 1. The lowest BCUT2D eigenvalue weighted by molar-refractivity contribution is -0.193. The molecule has 0 aromatic heterocycles. The third-order valence-electron chi connectivity index (χ3n) is 4.35. The van der Waals surface area contributed by atoms with Crippen molar-refractivity contribution in [3.8, 4) is 0 Å². The van der Waals surface area contributed by atoms with E-state index in [0.717, 1.165) is 13.0 Å². The van der Waals surface area contributed by atoms with Gasteiger partial charge < -0.3 is 10.1 Å². The maximum atomic E-state index is 11.3. The van der Waals surface area contributed by atoms with E-state index in [1.165, 1.54) is 12.7 Å². The Balaban J connectivity index is 1.97. The summed E-state index contributed by atoms with van der Waals surface area (Å²) in [7, 11) is -2.91. The first-order valence-corrected chi connectivity index (χ1v) is 8.83. The molecule has 0 amide bonds. The lowest BCUT2D eigenvalue weighted by atomic mass is 9.55. The van der Waals surface area contributed by atoms with Crippen molar-refractivity contribution in [2.75, 3.05) is 18.6 Å². The highest BCUT2D eigenvalue weighted by molar-refractivity contribution is 7.90. The smallest absolute Gasteiger partial charge is 0.148 e. The largest absolute Gasteiger partial charge is 0.377 e. The highest BCUT2D eigenvalue weighted by atomic mass is 32.2. The van der Waals surface area contributed by atoms with Crippen LogP contribution >= 0.6 is 0 Å². The summed E-state index contributed by atoms with van der Waals surface area (Å²) in [6.45, 7) is 7.25. The van der Waals surface area contributed by atoms with Crippen LogP contribution in [0.5, 0.6) is 0 Å². The molecule has 4 unspecified atom stereocenters. The van der Waals surface area contributed by atoms with Gasteiger partial charge in [-0.15, -0.1) is 0 Å². The molecule has 1 saturated heterocycles. The normalized spacial score (nSPS) is 36.6. The van der Waals surface area contributed by atoms with E-state index < -0.39 is 9.84 Å². The fourth-order valence-electron chi connectivity index (χ4n) is 3.67. The Morgan fingerprint density at radius 3 is 2.72 bits per heavy atom. The maximum absolute atomic E-state index is 11.3. The Hall–Kier alpha value is -0.130. The molecule has 0 spiro atoms. The molecule has 0 aromatic carbocycles. The van der Waals surface area contributed by atoms with Crippen LogP contribution in [0.4, 0.5) is 0 Å². The number of ether oxygens (including phenoxy) is 1. The Kier molecular flexibility index (Phi) is 3.78. The molecule has 4 nitrogen and oxygen atoms in total. The van der Waals surface area contributed by atoms with E-state index >= 15 is 0 Å². The van der Waals surface area contributed by atoms with E-state index in [2.05, 4.69) is 19.2 Å². The van der Waals surface area contributed by atoms with Crippen LogP contribution < -0.4 is 5.32 Å². The highest BCUT2D eigenvalue weighted by Gasteiger charge is 2.57. The minimum Gasteiger partial charge on any atom is -0.377 e. The van der Waals surface area contributed by atoms with Crippen LogP contribution in [-0.4, -0.2) is 45.2 Å². The van der Waals surface area contributed by atoms with Crippen LogP contribution in [0, 0.1) is 11.3 Å². The topological polar surface area (TPSA) is 55.4 Å². The van der Waals surface area contributed by atoms with Crippen molar-refractivity contribution < 1.29 is 13.2 Å². The third kappa shape index (κ3) is 2.73. The lowest BCUT2D eigenvalue weighted by Crippen LogP contribution is -2.70. The van der Waals surface area contributed by atoms with Crippen molar-refractivity contribution in [1.29, 1.82) is 0 Å². The first kappa shape index (κ1) is 14.3. The van der Waals surface area contributed by atoms with Crippen molar-refractivity contribution in [1.82, 2.24) is 5.32 Å². The van der Waals surface area contributed by atoms with Gasteiger partial charge in [0, 0.05) is 36.3 Å². The Bertz CT molecular complexity index is 404. The van der Waals surface area contributed by atoms with Crippen LogP contribution in [-0.2, 0) is 14.6 Å². The Morgan fingerprint density at radius 2 is 2.11 bits per heavy atom. The molecule has 5 heteroatoms. The summed E-state index contributed by atoms with van der Waals surface area (Å²) in [5.41, 5.74) is 0.108. The standard InChI is InChI=1S/C13H25NO3S/c1-9(8-18(4,15)16)14-11-10-6-5-7-17-12(10)13(11,2)3/h9-12,14H,5-8H2,1-4H3. The molecule has 1 aliphatic heterocycles. The number of hydrogen-bond acceptors (Lipinski definition) is 4. The van der Waals surface area contributed by atoms with Crippen molar-refractivity contribution >= 4 is 9.84 Å². The van der Waals surface area contributed by atoms with E-state index in [1.54, 1.807) is 0 Å². The molecule has 1 heterocycles. The number of nitrogens with one attached hydrogen (secondary N) is 1. The van der Waals surface area contributed by atoms with Crippen LogP contribution in [0.25, 0.3) is 0 Å². The molecule has 2 fully saturated rings. The van der Waals surface area contributed by atoms with Gasteiger partial charge in [-0.3, -0.25) is 0 Å². The van der Waals surface area contributed by atoms with Gasteiger partial charge in [0.25, 0.3) is 0 Å².